The lowest BCUT2D eigenvalue weighted by Gasteiger charge is -2.14. The molecule has 0 aliphatic rings. The molecule has 1 aromatic rings. The number of hydrogen-bond acceptors (Lipinski definition) is 2. The van der Waals surface area contributed by atoms with Crippen molar-refractivity contribution in [2.45, 2.75) is 12.5 Å². The normalized spacial score (nSPS) is 12.4. The number of hydrogen-bond donors (Lipinski definition) is 1. The van der Waals surface area contributed by atoms with E-state index >= 15 is 0 Å². The van der Waals surface area contributed by atoms with Gasteiger partial charge >= 0.3 is 12.5 Å². The highest BCUT2D eigenvalue weighted by molar-refractivity contribution is 6.04. The fourth-order valence-electron chi connectivity index (χ4n) is 1.10. The standard InChI is InChI=1S/C9H5F6NO/c10-8(11,12)7(17)5-3-1-2-4-6(5)16-9(13,14)15/h1-4,16H. The van der Waals surface area contributed by atoms with E-state index in [2.05, 4.69) is 0 Å². The number of Topliss-reactive ketones (excluding diaryl/α,β-unsaturated/α-hetero) is 1. The maximum absolute atomic E-state index is 12.1. The second-order valence-electron chi connectivity index (χ2n) is 3.00. The van der Waals surface area contributed by atoms with Crippen molar-refractivity contribution in [3.63, 3.8) is 0 Å². The highest BCUT2D eigenvalue weighted by Crippen LogP contribution is 2.28. The van der Waals surface area contributed by atoms with E-state index in [1.54, 1.807) is 0 Å². The molecule has 0 amide bonds. The van der Waals surface area contributed by atoms with E-state index in [1.807, 2.05) is 0 Å². The van der Waals surface area contributed by atoms with Crippen LogP contribution in [0.5, 0.6) is 0 Å². The van der Waals surface area contributed by atoms with Crippen LogP contribution in [0.3, 0.4) is 0 Å². The third kappa shape index (κ3) is 3.65. The SMILES string of the molecule is O=C(c1ccccc1NC(F)(F)F)C(F)(F)F. The summed E-state index contributed by atoms with van der Waals surface area (Å²) in [5.74, 6) is -2.33. The Morgan fingerprint density at radius 3 is 2.00 bits per heavy atom. The van der Waals surface area contributed by atoms with Crippen molar-refractivity contribution >= 4 is 11.5 Å². The summed E-state index contributed by atoms with van der Waals surface area (Å²) in [6.07, 6.45) is -10.1. The molecule has 17 heavy (non-hydrogen) atoms. The number of rotatable bonds is 2. The molecule has 2 nitrogen and oxygen atoms in total. The quantitative estimate of drug-likeness (QED) is 0.500. The van der Waals surface area contributed by atoms with Crippen LogP contribution in [-0.2, 0) is 0 Å². The Morgan fingerprint density at radius 1 is 1.00 bits per heavy atom. The van der Waals surface area contributed by atoms with Gasteiger partial charge in [-0.25, -0.2) is 0 Å². The van der Waals surface area contributed by atoms with Gasteiger partial charge in [0.25, 0.3) is 5.78 Å². The molecule has 1 rings (SSSR count). The van der Waals surface area contributed by atoms with Crippen molar-refractivity contribution in [2.24, 2.45) is 0 Å². The molecule has 0 atom stereocenters. The predicted molar refractivity (Wildman–Crippen MR) is 46.5 cm³/mol. The van der Waals surface area contributed by atoms with Gasteiger partial charge in [0.2, 0.25) is 0 Å². The van der Waals surface area contributed by atoms with Crippen LogP contribution in [0, 0.1) is 0 Å². The highest BCUT2D eigenvalue weighted by atomic mass is 19.4. The van der Waals surface area contributed by atoms with Crippen molar-refractivity contribution in [1.82, 2.24) is 0 Å². The van der Waals surface area contributed by atoms with Crippen LogP contribution in [0.15, 0.2) is 24.3 Å². The zero-order chi connectivity index (χ0) is 13.3. The summed E-state index contributed by atoms with van der Waals surface area (Å²) in [5, 5.41) is 0.882. The molecule has 0 saturated carbocycles. The van der Waals surface area contributed by atoms with Crippen LogP contribution in [-0.4, -0.2) is 18.3 Å². The second kappa shape index (κ2) is 4.27. The van der Waals surface area contributed by atoms with E-state index in [1.165, 1.54) is 0 Å². The summed E-state index contributed by atoms with van der Waals surface area (Å²) in [5.41, 5.74) is -2.00. The van der Waals surface area contributed by atoms with Crippen LogP contribution in [0.25, 0.3) is 0 Å². The van der Waals surface area contributed by atoms with Gasteiger partial charge in [-0.1, -0.05) is 12.1 Å². The number of ketones is 1. The first-order chi connectivity index (χ1) is 7.61. The Hall–Kier alpha value is -1.73. The first kappa shape index (κ1) is 13.3. The lowest BCUT2D eigenvalue weighted by molar-refractivity contribution is -0.100. The number of para-hydroxylation sites is 1. The van der Waals surface area contributed by atoms with Crippen molar-refractivity contribution < 1.29 is 31.1 Å². The summed E-state index contributed by atoms with van der Waals surface area (Å²) in [6.45, 7) is 0. The average Bonchev–Trinajstić information content (AvgIpc) is 2.13. The van der Waals surface area contributed by atoms with Crippen LogP contribution in [0.2, 0.25) is 0 Å². The lowest BCUT2D eigenvalue weighted by Crippen LogP contribution is -2.27. The molecule has 0 saturated heterocycles. The van der Waals surface area contributed by atoms with E-state index in [-0.39, 0.29) is 0 Å². The van der Waals surface area contributed by atoms with Crippen LogP contribution < -0.4 is 5.32 Å². The third-order valence-electron chi connectivity index (χ3n) is 1.71. The van der Waals surface area contributed by atoms with Crippen LogP contribution in [0.1, 0.15) is 10.4 Å². The molecular weight excluding hydrogens is 252 g/mol. The monoisotopic (exact) mass is 257 g/mol. The molecule has 8 heteroatoms. The molecule has 0 aromatic heterocycles. The molecule has 94 valence electrons. The fourth-order valence-corrected chi connectivity index (χ4v) is 1.10. The second-order valence-corrected chi connectivity index (χ2v) is 3.00. The highest BCUT2D eigenvalue weighted by Gasteiger charge is 2.41. The number of halogens is 6. The largest absolute Gasteiger partial charge is 0.482 e. The summed E-state index contributed by atoms with van der Waals surface area (Å²) in [7, 11) is 0. The van der Waals surface area contributed by atoms with Gasteiger partial charge in [-0.3, -0.25) is 10.1 Å². The number of anilines is 1. The molecule has 0 spiro atoms. The zero-order valence-electron chi connectivity index (χ0n) is 7.99. The molecule has 0 heterocycles. The van der Waals surface area contributed by atoms with Crippen molar-refractivity contribution in [3.05, 3.63) is 29.8 Å². The lowest BCUT2D eigenvalue weighted by atomic mass is 10.1. The van der Waals surface area contributed by atoms with Gasteiger partial charge in [0.15, 0.2) is 0 Å². The van der Waals surface area contributed by atoms with Crippen molar-refractivity contribution in [1.29, 1.82) is 0 Å². The Kier molecular flexibility index (Phi) is 3.35. The predicted octanol–water partition coefficient (Wildman–Crippen LogP) is 3.36. The zero-order valence-corrected chi connectivity index (χ0v) is 7.99. The van der Waals surface area contributed by atoms with Gasteiger partial charge in [-0.2, -0.15) is 26.3 Å². The molecule has 1 aromatic carbocycles. The number of nitrogens with one attached hydrogen (secondary N) is 1. The van der Waals surface area contributed by atoms with E-state index in [0.717, 1.165) is 23.5 Å². The maximum atomic E-state index is 12.1. The van der Waals surface area contributed by atoms with Gasteiger partial charge in [-0.15, -0.1) is 0 Å². The fraction of sp³-hybridized carbons (Fsp3) is 0.222. The number of carbonyl (C=O) groups excluding carboxylic acids is 1. The molecule has 0 bridgehead atoms. The summed E-state index contributed by atoms with van der Waals surface area (Å²) >= 11 is 0. The van der Waals surface area contributed by atoms with E-state index in [0.29, 0.717) is 6.07 Å². The van der Waals surface area contributed by atoms with Crippen molar-refractivity contribution in [3.8, 4) is 0 Å². The molecule has 0 unspecified atom stereocenters. The Labute approximate surface area is 91.2 Å². The van der Waals surface area contributed by atoms with Gasteiger partial charge in [0.05, 0.1) is 11.3 Å². The Morgan fingerprint density at radius 2 is 1.53 bits per heavy atom. The minimum absolute atomic E-state index is 0.671. The first-order valence-corrected chi connectivity index (χ1v) is 4.17. The third-order valence-corrected chi connectivity index (χ3v) is 1.71. The maximum Gasteiger partial charge on any atom is 0.482 e. The summed E-state index contributed by atoms with van der Waals surface area (Å²) in [6, 6.07) is 3.54. The van der Waals surface area contributed by atoms with Gasteiger partial charge in [-0.05, 0) is 12.1 Å². The number of benzene rings is 1. The average molecular weight is 257 g/mol. The molecule has 1 N–H and O–H groups in total. The number of alkyl halides is 6. The van der Waals surface area contributed by atoms with Crippen LogP contribution in [0.4, 0.5) is 32.0 Å². The van der Waals surface area contributed by atoms with Crippen molar-refractivity contribution in [2.75, 3.05) is 5.32 Å². The van der Waals surface area contributed by atoms with E-state index in [4.69, 9.17) is 0 Å². The summed E-state index contributed by atoms with van der Waals surface area (Å²) in [4.78, 5) is 10.8. The van der Waals surface area contributed by atoms with E-state index in [9.17, 15) is 31.1 Å². The smallest absolute Gasteiger partial charge is 0.297 e. The molecule has 0 radical (unpaired) electrons. The van der Waals surface area contributed by atoms with Gasteiger partial charge < -0.3 is 0 Å². The van der Waals surface area contributed by atoms with E-state index < -0.39 is 29.5 Å². The van der Waals surface area contributed by atoms with Gasteiger partial charge in [0.1, 0.15) is 0 Å². The number of carbonyl (C=O) groups is 1. The van der Waals surface area contributed by atoms with Gasteiger partial charge in [0, 0.05) is 0 Å². The minimum atomic E-state index is -5.22. The molecule has 0 fully saturated rings. The Balaban J connectivity index is 3.13. The minimum Gasteiger partial charge on any atom is -0.297 e. The summed E-state index contributed by atoms with van der Waals surface area (Å²) < 4.78 is 72.2. The Bertz CT molecular complexity index is 422. The molecular formula is C9H5F6NO. The molecule has 0 aliphatic carbocycles. The molecule has 0 aliphatic heterocycles. The first-order valence-electron chi connectivity index (χ1n) is 4.17. The topological polar surface area (TPSA) is 29.1 Å². The van der Waals surface area contributed by atoms with Crippen LogP contribution >= 0.6 is 0 Å².